The fourth-order valence-corrected chi connectivity index (χ4v) is 1.72. The van der Waals surface area contributed by atoms with Crippen LogP contribution in [-0.2, 0) is 11.3 Å². The van der Waals surface area contributed by atoms with Crippen LogP contribution in [0.1, 0.15) is 16.1 Å². The quantitative estimate of drug-likeness (QED) is 0.817. The summed E-state index contributed by atoms with van der Waals surface area (Å²) in [5, 5.41) is 0. The van der Waals surface area contributed by atoms with Crippen LogP contribution in [0, 0.1) is 0 Å². The highest BCUT2D eigenvalue weighted by Crippen LogP contribution is 2.11. The Hall–Kier alpha value is -1.62. The number of esters is 1. The van der Waals surface area contributed by atoms with Gasteiger partial charge < -0.3 is 9.30 Å². The van der Waals surface area contributed by atoms with Crippen LogP contribution in [-0.4, -0.2) is 22.6 Å². The van der Waals surface area contributed by atoms with Crippen molar-refractivity contribution in [3.8, 4) is 0 Å². The van der Waals surface area contributed by atoms with Gasteiger partial charge in [0.1, 0.15) is 0 Å². The number of ether oxygens (including phenoxy) is 1. The van der Waals surface area contributed by atoms with Crippen LogP contribution in [0.4, 0.5) is 0 Å². The maximum absolute atomic E-state index is 11.2. The van der Waals surface area contributed by atoms with Crippen molar-refractivity contribution in [2.45, 2.75) is 6.54 Å². The van der Waals surface area contributed by atoms with Crippen molar-refractivity contribution in [1.29, 1.82) is 0 Å². The van der Waals surface area contributed by atoms with E-state index in [2.05, 4.69) is 25.7 Å². The lowest BCUT2D eigenvalue weighted by molar-refractivity contribution is 0.0594. The summed E-state index contributed by atoms with van der Waals surface area (Å²) < 4.78 is 7.48. The Balaban J connectivity index is 2.11. The topological polar surface area (TPSA) is 44.1 Å². The zero-order valence-corrected chi connectivity index (χ0v) is 10.8. The van der Waals surface area contributed by atoms with Crippen molar-refractivity contribution in [3.63, 3.8) is 0 Å². The number of nitrogens with zero attached hydrogens (tertiary/aromatic N) is 2. The number of benzene rings is 1. The molecule has 0 aliphatic heterocycles. The lowest BCUT2D eigenvalue weighted by Gasteiger charge is -2.02. The lowest BCUT2D eigenvalue weighted by Crippen LogP contribution is -2.01. The summed E-state index contributed by atoms with van der Waals surface area (Å²) >= 11 is 3.38. The van der Waals surface area contributed by atoms with E-state index < -0.39 is 5.97 Å². The van der Waals surface area contributed by atoms with Gasteiger partial charge in [0.2, 0.25) is 0 Å². The number of methoxy groups -OCH3 is 1. The molecule has 5 heteroatoms. The first-order valence-electron chi connectivity index (χ1n) is 5.03. The fraction of sp³-hybridized carbons (Fsp3) is 0.167. The van der Waals surface area contributed by atoms with E-state index in [1.165, 1.54) is 7.11 Å². The van der Waals surface area contributed by atoms with E-state index in [0.717, 1.165) is 10.0 Å². The lowest BCUT2D eigenvalue weighted by atomic mass is 10.2. The predicted molar refractivity (Wildman–Crippen MR) is 66.8 cm³/mol. The molecule has 0 radical (unpaired) electrons. The maximum Gasteiger partial charge on any atom is 0.358 e. The minimum Gasteiger partial charge on any atom is -0.464 e. The van der Waals surface area contributed by atoms with Crippen LogP contribution in [0.2, 0.25) is 0 Å². The van der Waals surface area contributed by atoms with Gasteiger partial charge in [0.05, 0.1) is 13.4 Å². The van der Waals surface area contributed by atoms with E-state index in [9.17, 15) is 4.79 Å². The summed E-state index contributed by atoms with van der Waals surface area (Å²) in [6.07, 6.45) is 3.29. The third-order valence-corrected chi connectivity index (χ3v) is 2.83. The van der Waals surface area contributed by atoms with Crippen LogP contribution in [0.25, 0.3) is 0 Å². The first kappa shape index (κ1) is 11.9. The minimum atomic E-state index is -0.417. The number of halogens is 1. The SMILES string of the molecule is COC(=O)c1cn(Cc2ccc(Br)cc2)cn1. The van der Waals surface area contributed by atoms with Gasteiger partial charge in [-0.1, -0.05) is 28.1 Å². The number of carbonyl (C=O) groups is 1. The van der Waals surface area contributed by atoms with Crippen LogP contribution in [0.15, 0.2) is 41.3 Å². The van der Waals surface area contributed by atoms with Crippen molar-refractivity contribution >= 4 is 21.9 Å². The fourth-order valence-electron chi connectivity index (χ4n) is 1.46. The monoisotopic (exact) mass is 294 g/mol. The van der Waals surface area contributed by atoms with Gasteiger partial charge in [0, 0.05) is 17.2 Å². The molecule has 0 aliphatic rings. The molecular weight excluding hydrogens is 284 g/mol. The number of hydrogen-bond acceptors (Lipinski definition) is 3. The molecule has 0 atom stereocenters. The van der Waals surface area contributed by atoms with Gasteiger partial charge >= 0.3 is 5.97 Å². The van der Waals surface area contributed by atoms with E-state index >= 15 is 0 Å². The standard InChI is InChI=1S/C12H11BrN2O2/c1-17-12(16)11-7-15(8-14-11)6-9-2-4-10(13)5-3-9/h2-5,7-8H,6H2,1H3. The molecule has 2 aromatic rings. The smallest absolute Gasteiger partial charge is 0.358 e. The van der Waals surface area contributed by atoms with Gasteiger partial charge in [0.15, 0.2) is 5.69 Å². The number of carbonyl (C=O) groups excluding carboxylic acids is 1. The Morgan fingerprint density at radius 1 is 1.41 bits per heavy atom. The molecule has 0 spiro atoms. The Morgan fingerprint density at radius 2 is 2.12 bits per heavy atom. The van der Waals surface area contributed by atoms with Crippen molar-refractivity contribution in [2.24, 2.45) is 0 Å². The molecule has 4 nitrogen and oxygen atoms in total. The Morgan fingerprint density at radius 3 is 2.76 bits per heavy atom. The summed E-state index contributed by atoms with van der Waals surface area (Å²) in [5.74, 6) is -0.417. The van der Waals surface area contributed by atoms with Crippen LogP contribution in [0.5, 0.6) is 0 Å². The van der Waals surface area contributed by atoms with Gasteiger partial charge in [-0.2, -0.15) is 0 Å². The normalized spacial score (nSPS) is 10.2. The highest BCUT2D eigenvalue weighted by molar-refractivity contribution is 9.10. The van der Waals surface area contributed by atoms with Crippen molar-refractivity contribution in [2.75, 3.05) is 7.11 Å². The summed E-state index contributed by atoms with van der Waals surface area (Å²) in [7, 11) is 1.34. The molecule has 0 saturated heterocycles. The third-order valence-electron chi connectivity index (χ3n) is 2.31. The molecule has 0 unspecified atom stereocenters. The van der Waals surface area contributed by atoms with Gasteiger partial charge in [-0.15, -0.1) is 0 Å². The second-order valence-electron chi connectivity index (χ2n) is 3.55. The van der Waals surface area contributed by atoms with Crippen molar-refractivity contribution < 1.29 is 9.53 Å². The molecule has 0 N–H and O–H groups in total. The summed E-state index contributed by atoms with van der Waals surface area (Å²) in [4.78, 5) is 15.2. The number of rotatable bonds is 3. The zero-order valence-electron chi connectivity index (χ0n) is 9.26. The Labute approximate surface area is 107 Å². The van der Waals surface area contributed by atoms with Crippen molar-refractivity contribution in [3.05, 3.63) is 52.5 Å². The molecule has 0 bridgehead atoms. The average molecular weight is 295 g/mol. The van der Waals surface area contributed by atoms with Crippen LogP contribution >= 0.6 is 15.9 Å². The zero-order chi connectivity index (χ0) is 12.3. The number of imidazole rings is 1. The Kier molecular flexibility index (Phi) is 3.58. The highest BCUT2D eigenvalue weighted by Gasteiger charge is 2.08. The first-order chi connectivity index (χ1) is 8.19. The highest BCUT2D eigenvalue weighted by atomic mass is 79.9. The molecule has 0 fully saturated rings. The number of hydrogen-bond donors (Lipinski definition) is 0. The van der Waals surface area contributed by atoms with Gasteiger partial charge in [-0.25, -0.2) is 9.78 Å². The molecule has 0 aliphatic carbocycles. The van der Waals surface area contributed by atoms with Gasteiger partial charge in [-0.3, -0.25) is 0 Å². The second-order valence-corrected chi connectivity index (χ2v) is 4.46. The van der Waals surface area contributed by atoms with Crippen LogP contribution < -0.4 is 0 Å². The van der Waals surface area contributed by atoms with E-state index in [0.29, 0.717) is 12.2 Å². The predicted octanol–water partition coefficient (Wildman–Crippen LogP) is 2.48. The third kappa shape index (κ3) is 2.94. The van der Waals surface area contributed by atoms with E-state index in [1.54, 1.807) is 12.5 Å². The van der Waals surface area contributed by atoms with E-state index in [4.69, 9.17) is 0 Å². The van der Waals surface area contributed by atoms with Gasteiger partial charge in [-0.05, 0) is 17.7 Å². The van der Waals surface area contributed by atoms with Crippen LogP contribution in [0.3, 0.4) is 0 Å². The molecule has 1 aromatic heterocycles. The average Bonchev–Trinajstić information content (AvgIpc) is 2.80. The molecule has 1 heterocycles. The van der Waals surface area contributed by atoms with E-state index in [-0.39, 0.29) is 0 Å². The summed E-state index contributed by atoms with van der Waals surface area (Å²) in [6, 6.07) is 7.99. The van der Waals surface area contributed by atoms with Gasteiger partial charge in [0.25, 0.3) is 0 Å². The summed E-state index contributed by atoms with van der Waals surface area (Å²) in [6.45, 7) is 0.678. The number of aromatic nitrogens is 2. The first-order valence-corrected chi connectivity index (χ1v) is 5.83. The molecule has 0 amide bonds. The molecule has 1 aromatic carbocycles. The molecule has 17 heavy (non-hydrogen) atoms. The second kappa shape index (κ2) is 5.14. The molecular formula is C12H11BrN2O2. The summed E-state index contributed by atoms with van der Waals surface area (Å²) in [5.41, 5.74) is 1.46. The minimum absolute atomic E-state index is 0.324. The van der Waals surface area contributed by atoms with Crippen molar-refractivity contribution in [1.82, 2.24) is 9.55 Å². The maximum atomic E-state index is 11.2. The van der Waals surface area contributed by atoms with E-state index in [1.807, 2.05) is 28.8 Å². The Bertz CT molecular complexity index is 520. The largest absolute Gasteiger partial charge is 0.464 e. The molecule has 0 saturated carbocycles. The molecule has 88 valence electrons. The molecule has 2 rings (SSSR count).